The minimum Gasteiger partial charge on any atom is -0.374 e. The van der Waals surface area contributed by atoms with Gasteiger partial charge in [-0.05, 0) is 37.1 Å². The molecule has 1 aromatic rings. The van der Waals surface area contributed by atoms with E-state index in [2.05, 4.69) is 11.8 Å². The first-order valence-corrected chi connectivity index (χ1v) is 5.75. The van der Waals surface area contributed by atoms with Gasteiger partial charge in [0.1, 0.15) is 5.82 Å². The van der Waals surface area contributed by atoms with Crippen LogP contribution in [0.3, 0.4) is 0 Å². The van der Waals surface area contributed by atoms with E-state index in [0.717, 1.165) is 12.0 Å². The second-order valence-corrected chi connectivity index (χ2v) is 3.88. The average Bonchev–Trinajstić information content (AvgIpc) is 2.32. The lowest BCUT2D eigenvalue weighted by molar-refractivity contribution is 0.0507. The van der Waals surface area contributed by atoms with E-state index < -0.39 is 0 Å². The number of halogens is 1. The fourth-order valence-electron chi connectivity index (χ4n) is 1.32. The van der Waals surface area contributed by atoms with E-state index in [-0.39, 0.29) is 18.5 Å². The standard InChI is InChI=1S/C14H18FNO/c1-3-11(2)17-10-13-7-12(5-4-6-16)8-14(15)9-13/h7-9,11H,3,6,10,16H2,1-2H3. The smallest absolute Gasteiger partial charge is 0.124 e. The van der Waals surface area contributed by atoms with Crippen LogP contribution in [0.4, 0.5) is 4.39 Å². The van der Waals surface area contributed by atoms with Crippen molar-refractivity contribution in [2.75, 3.05) is 6.54 Å². The number of nitrogens with two attached hydrogens (primary N) is 1. The first-order valence-electron chi connectivity index (χ1n) is 5.75. The Hall–Kier alpha value is -1.37. The molecule has 0 fully saturated rings. The Morgan fingerprint density at radius 2 is 2.18 bits per heavy atom. The Kier molecular flexibility index (Phi) is 5.68. The van der Waals surface area contributed by atoms with Gasteiger partial charge in [-0.1, -0.05) is 18.8 Å². The van der Waals surface area contributed by atoms with Crippen molar-refractivity contribution >= 4 is 0 Å². The van der Waals surface area contributed by atoms with E-state index in [1.807, 2.05) is 19.9 Å². The number of ether oxygens (including phenoxy) is 1. The van der Waals surface area contributed by atoms with Gasteiger partial charge in [-0.25, -0.2) is 4.39 Å². The molecule has 2 nitrogen and oxygen atoms in total. The fraction of sp³-hybridized carbons (Fsp3) is 0.429. The first kappa shape index (κ1) is 13.7. The maximum atomic E-state index is 13.3. The summed E-state index contributed by atoms with van der Waals surface area (Å²) < 4.78 is 18.9. The normalized spacial score (nSPS) is 11.8. The molecule has 3 heteroatoms. The summed E-state index contributed by atoms with van der Waals surface area (Å²) in [5, 5.41) is 0. The molecule has 17 heavy (non-hydrogen) atoms. The minimum absolute atomic E-state index is 0.178. The molecule has 0 aromatic heterocycles. The monoisotopic (exact) mass is 235 g/mol. The third-order valence-electron chi connectivity index (χ3n) is 2.40. The molecule has 1 unspecified atom stereocenters. The van der Waals surface area contributed by atoms with Crippen LogP contribution < -0.4 is 5.73 Å². The Balaban J connectivity index is 2.75. The van der Waals surface area contributed by atoms with E-state index >= 15 is 0 Å². The molecule has 0 saturated carbocycles. The Labute approximate surface area is 102 Å². The first-order chi connectivity index (χ1) is 8.15. The summed E-state index contributed by atoms with van der Waals surface area (Å²) in [6, 6.07) is 4.69. The molecule has 0 aliphatic heterocycles. The van der Waals surface area contributed by atoms with Crippen LogP contribution in [0.2, 0.25) is 0 Å². The maximum absolute atomic E-state index is 13.3. The quantitative estimate of drug-likeness (QED) is 0.814. The summed E-state index contributed by atoms with van der Waals surface area (Å²) >= 11 is 0. The molecule has 2 N–H and O–H groups in total. The van der Waals surface area contributed by atoms with Crippen LogP contribution in [0, 0.1) is 17.7 Å². The highest BCUT2D eigenvalue weighted by Crippen LogP contribution is 2.11. The molecule has 1 aromatic carbocycles. The summed E-state index contributed by atoms with van der Waals surface area (Å²) in [4.78, 5) is 0. The lowest BCUT2D eigenvalue weighted by Crippen LogP contribution is -2.06. The second-order valence-electron chi connectivity index (χ2n) is 3.88. The van der Waals surface area contributed by atoms with Crippen LogP contribution in [0.25, 0.3) is 0 Å². The third kappa shape index (κ3) is 4.99. The molecule has 92 valence electrons. The average molecular weight is 235 g/mol. The van der Waals surface area contributed by atoms with Crippen LogP contribution in [0.5, 0.6) is 0 Å². The van der Waals surface area contributed by atoms with Gasteiger partial charge < -0.3 is 10.5 Å². The zero-order valence-corrected chi connectivity index (χ0v) is 10.3. The number of hydrogen-bond acceptors (Lipinski definition) is 2. The van der Waals surface area contributed by atoms with Crippen molar-refractivity contribution in [1.82, 2.24) is 0 Å². The van der Waals surface area contributed by atoms with Crippen LogP contribution >= 0.6 is 0 Å². The van der Waals surface area contributed by atoms with E-state index in [4.69, 9.17) is 10.5 Å². The highest BCUT2D eigenvalue weighted by molar-refractivity contribution is 5.37. The second kappa shape index (κ2) is 7.05. The summed E-state index contributed by atoms with van der Waals surface area (Å²) in [6.07, 6.45) is 1.12. The van der Waals surface area contributed by atoms with Crippen molar-refractivity contribution < 1.29 is 9.13 Å². The van der Waals surface area contributed by atoms with Crippen LogP contribution in [-0.2, 0) is 11.3 Å². The van der Waals surface area contributed by atoms with Gasteiger partial charge in [0, 0.05) is 5.56 Å². The highest BCUT2D eigenvalue weighted by atomic mass is 19.1. The molecule has 0 aliphatic rings. The molecule has 0 bridgehead atoms. The number of rotatable bonds is 4. The van der Waals surface area contributed by atoms with Crippen molar-refractivity contribution in [3.63, 3.8) is 0 Å². The Morgan fingerprint density at radius 3 is 2.82 bits per heavy atom. The van der Waals surface area contributed by atoms with Crippen molar-refractivity contribution in [3.05, 3.63) is 35.1 Å². The van der Waals surface area contributed by atoms with Gasteiger partial charge in [0.25, 0.3) is 0 Å². The van der Waals surface area contributed by atoms with Gasteiger partial charge >= 0.3 is 0 Å². The molecular formula is C14H18FNO. The van der Waals surface area contributed by atoms with E-state index in [1.54, 1.807) is 0 Å². The topological polar surface area (TPSA) is 35.2 Å². The van der Waals surface area contributed by atoms with Gasteiger partial charge in [-0.2, -0.15) is 0 Å². The van der Waals surface area contributed by atoms with Crippen molar-refractivity contribution in [3.8, 4) is 11.8 Å². The number of benzene rings is 1. The van der Waals surface area contributed by atoms with Crippen LogP contribution in [0.15, 0.2) is 18.2 Å². The lowest BCUT2D eigenvalue weighted by atomic mass is 10.1. The zero-order valence-electron chi connectivity index (χ0n) is 10.3. The van der Waals surface area contributed by atoms with E-state index in [0.29, 0.717) is 12.2 Å². The lowest BCUT2D eigenvalue weighted by Gasteiger charge is -2.10. The summed E-state index contributed by atoms with van der Waals surface area (Å²) in [6.45, 7) is 4.72. The van der Waals surface area contributed by atoms with Gasteiger partial charge in [-0.15, -0.1) is 0 Å². The van der Waals surface area contributed by atoms with Crippen LogP contribution in [0.1, 0.15) is 31.4 Å². The zero-order chi connectivity index (χ0) is 12.7. The molecule has 1 rings (SSSR count). The largest absolute Gasteiger partial charge is 0.374 e. The maximum Gasteiger partial charge on any atom is 0.124 e. The summed E-state index contributed by atoms with van der Waals surface area (Å²) in [7, 11) is 0. The third-order valence-corrected chi connectivity index (χ3v) is 2.40. The molecule has 0 heterocycles. The molecule has 0 aliphatic carbocycles. The van der Waals surface area contributed by atoms with Gasteiger partial charge in [0.2, 0.25) is 0 Å². The minimum atomic E-state index is -0.295. The highest BCUT2D eigenvalue weighted by Gasteiger charge is 2.02. The van der Waals surface area contributed by atoms with Crippen molar-refractivity contribution in [2.45, 2.75) is 33.0 Å². The molecule has 0 saturated heterocycles. The van der Waals surface area contributed by atoms with Gasteiger partial charge in [-0.3, -0.25) is 0 Å². The van der Waals surface area contributed by atoms with E-state index in [1.165, 1.54) is 12.1 Å². The van der Waals surface area contributed by atoms with Crippen molar-refractivity contribution in [2.24, 2.45) is 5.73 Å². The molecule has 1 atom stereocenters. The van der Waals surface area contributed by atoms with Crippen molar-refractivity contribution in [1.29, 1.82) is 0 Å². The fourth-order valence-corrected chi connectivity index (χ4v) is 1.32. The van der Waals surface area contributed by atoms with Gasteiger partial charge in [0.05, 0.1) is 19.3 Å². The van der Waals surface area contributed by atoms with E-state index in [9.17, 15) is 4.39 Å². The van der Waals surface area contributed by atoms with Crippen LogP contribution in [-0.4, -0.2) is 12.6 Å². The molecule has 0 spiro atoms. The number of hydrogen-bond donors (Lipinski definition) is 1. The molecule has 0 radical (unpaired) electrons. The Bertz CT molecular complexity index is 420. The Morgan fingerprint density at radius 1 is 1.41 bits per heavy atom. The summed E-state index contributed by atoms with van der Waals surface area (Å²) in [5.41, 5.74) is 6.71. The van der Waals surface area contributed by atoms with Gasteiger partial charge in [0.15, 0.2) is 0 Å². The molecule has 0 amide bonds. The SMILES string of the molecule is CCC(C)OCc1cc(F)cc(C#CCN)c1. The summed E-state index contributed by atoms with van der Waals surface area (Å²) in [5.74, 6) is 5.23. The predicted molar refractivity (Wildman–Crippen MR) is 66.9 cm³/mol. The molecular weight excluding hydrogens is 217 g/mol. The predicted octanol–water partition coefficient (Wildman–Crippen LogP) is 2.45.